The molecule has 2 amide bonds. The van der Waals surface area contributed by atoms with E-state index in [1.165, 1.54) is 35.9 Å². The highest BCUT2D eigenvalue weighted by molar-refractivity contribution is 5.92. The van der Waals surface area contributed by atoms with Gasteiger partial charge in [0, 0.05) is 36.6 Å². The van der Waals surface area contributed by atoms with E-state index in [0.717, 1.165) is 31.6 Å². The summed E-state index contributed by atoms with van der Waals surface area (Å²) in [5.74, 6) is 0.620. The summed E-state index contributed by atoms with van der Waals surface area (Å²) in [5, 5.41) is 1.37. The molecule has 1 fully saturated rings. The quantitative estimate of drug-likeness (QED) is 0.908. The van der Waals surface area contributed by atoms with Crippen molar-refractivity contribution in [1.29, 1.82) is 0 Å². The van der Waals surface area contributed by atoms with Gasteiger partial charge in [0.15, 0.2) is 0 Å². The number of likely N-dealkylation sites (tertiary alicyclic amines) is 1. The van der Waals surface area contributed by atoms with Gasteiger partial charge in [-0.2, -0.15) is 0 Å². The van der Waals surface area contributed by atoms with Crippen molar-refractivity contribution >= 4 is 16.9 Å². The average molecular weight is 354 g/mol. The smallest absolute Gasteiger partial charge is 0.324 e. The van der Waals surface area contributed by atoms with Crippen LogP contribution in [-0.4, -0.2) is 52.7 Å². The van der Waals surface area contributed by atoms with Gasteiger partial charge in [-0.15, -0.1) is 0 Å². The Morgan fingerprint density at radius 3 is 2.81 bits per heavy atom. The predicted molar refractivity (Wildman–Crippen MR) is 106 cm³/mol. The normalized spacial score (nSPS) is 22.3. The highest BCUT2D eigenvalue weighted by atomic mass is 16.2. The van der Waals surface area contributed by atoms with Gasteiger partial charge in [-0.1, -0.05) is 19.1 Å². The summed E-state index contributed by atoms with van der Waals surface area (Å²) >= 11 is 0. The minimum Gasteiger partial charge on any atom is -0.324 e. The molecule has 1 aromatic heterocycles. The highest BCUT2D eigenvalue weighted by Crippen LogP contribution is 2.43. The predicted octanol–water partition coefficient (Wildman–Crippen LogP) is 3.77. The molecule has 1 aliphatic carbocycles. The SMILES string of the molecule is CCN(CC)C(=O)Nn1cc2c3c(cccc31)C1CCCN(CC)[C@@H]1C2. The van der Waals surface area contributed by atoms with Crippen molar-refractivity contribution in [3.8, 4) is 0 Å². The Morgan fingerprint density at radius 2 is 2.08 bits per heavy atom. The van der Waals surface area contributed by atoms with Crippen LogP contribution in [0.2, 0.25) is 0 Å². The molecule has 0 bridgehead atoms. The van der Waals surface area contributed by atoms with Crippen molar-refractivity contribution in [3.05, 3.63) is 35.5 Å². The van der Waals surface area contributed by atoms with E-state index in [1.54, 1.807) is 0 Å². The third kappa shape index (κ3) is 2.69. The second-order valence-corrected chi connectivity index (χ2v) is 7.50. The van der Waals surface area contributed by atoms with Crippen LogP contribution in [0.1, 0.15) is 50.7 Å². The molecule has 1 unspecified atom stereocenters. The van der Waals surface area contributed by atoms with Crippen LogP contribution < -0.4 is 5.43 Å². The van der Waals surface area contributed by atoms with Crippen molar-refractivity contribution < 1.29 is 4.79 Å². The first kappa shape index (κ1) is 17.4. The molecule has 0 spiro atoms. The van der Waals surface area contributed by atoms with Gasteiger partial charge in [-0.05, 0) is 63.4 Å². The highest BCUT2D eigenvalue weighted by Gasteiger charge is 2.37. The van der Waals surface area contributed by atoms with E-state index in [-0.39, 0.29) is 6.03 Å². The maximum atomic E-state index is 12.6. The Balaban J connectivity index is 1.73. The number of nitrogens with one attached hydrogen (secondary N) is 1. The number of rotatable bonds is 4. The Labute approximate surface area is 155 Å². The van der Waals surface area contributed by atoms with Gasteiger partial charge in [0.05, 0.1) is 5.52 Å². The lowest BCUT2D eigenvalue weighted by Crippen LogP contribution is -2.46. The summed E-state index contributed by atoms with van der Waals surface area (Å²) in [7, 11) is 0. The summed E-state index contributed by atoms with van der Waals surface area (Å²) in [6.45, 7) is 10.1. The van der Waals surface area contributed by atoms with Crippen molar-refractivity contribution in [2.75, 3.05) is 31.6 Å². The lowest BCUT2D eigenvalue weighted by atomic mass is 9.75. The molecule has 1 N–H and O–H groups in total. The van der Waals surface area contributed by atoms with Gasteiger partial charge in [0.2, 0.25) is 0 Å². The second kappa shape index (κ2) is 6.95. The molecular formula is C21H30N4O. The third-order valence-electron chi connectivity index (χ3n) is 6.34. The van der Waals surface area contributed by atoms with E-state index >= 15 is 0 Å². The molecule has 2 aromatic rings. The Bertz CT molecular complexity index is 808. The fourth-order valence-corrected chi connectivity index (χ4v) is 5.02. The number of fused-ring (bicyclic) bond motifs is 2. The number of likely N-dealkylation sites (N-methyl/N-ethyl adjacent to an activating group) is 1. The first-order chi connectivity index (χ1) is 12.7. The number of hydrogen-bond acceptors (Lipinski definition) is 2. The van der Waals surface area contributed by atoms with E-state index in [9.17, 15) is 4.79 Å². The molecular weight excluding hydrogens is 324 g/mol. The fraction of sp³-hybridized carbons (Fsp3) is 0.571. The molecule has 1 aliphatic heterocycles. The van der Waals surface area contributed by atoms with Crippen LogP contribution in [-0.2, 0) is 6.42 Å². The van der Waals surface area contributed by atoms with Gasteiger partial charge in [0.25, 0.3) is 0 Å². The number of amides is 2. The molecule has 0 radical (unpaired) electrons. The number of nitrogens with zero attached hydrogens (tertiary/aromatic N) is 3. The monoisotopic (exact) mass is 354 g/mol. The average Bonchev–Trinajstić information content (AvgIpc) is 3.01. The molecule has 1 aromatic carbocycles. The van der Waals surface area contributed by atoms with Crippen molar-refractivity contribution in [2.24, 2.45) is 0 Å². The second-order valence-electron chi connectivity index (χ2n) is 7.50. The summed E-state index contributed by atoms with van der Waals surface area (Å²) in [6.07, 6.45) is 5.78. The molecule has 1 saturated heterocycles. The van der Waals surface area contributed by atoms with Gasteiger partial charge in [-0.3, -0.25) is 9.58 Å². The molecule has 26 heavy (non-hydrogen) atoms. The summed E-state index contributed by atoms with van der Waals surface area (Å²) in [5.41, 5.74) is 7.07. The summed E-state index contributed by atoms with van der Waals surface area (Å²) in [6, 6.07) is 7.15. The number of aromatic nitrogens is 1. The van der Waals surface area contributed by atoms with E-state index in [0.29, 0.717) is 12.0 Å². The number of carbonyl (C=O) groups excluding carboxylic acids is 1. The Hall–Kier alpha value is -2.01. The third-order valence-corrected chi connectivity index (χ3v) is 6.34. The molecule has 5 nitrogen and oxygen atoms in total. The summed E-state index contributed by atoms with van der Waals surface area (Å²) < 4.78 is 1.95. The Kier molecular flexibility index (Phi) is 4.65. The number of carbonyl (C=O) groups is 1. The Morgan fingerprint density at radius 1 is 1.27 bits per heavy atom. The molecule has 2 atom stereocenters. The lowest BCUT2D eigenvalue weighted by molar-refractivity contribution is 0.131. The van der Waals surface area contributed by atoms with Crippen LogP contribution in [0.25, 0.3) is 10.9 Å². The maximum Gasteiger partial charge on any atom is 0.336 e. The fourth-order valence-electron chi connectivity index (χ4n) is 5.02. The van der Waals surface area contributed by atoms with Crippen LogP contribution in [0.5, 0.6) is 0 Å². The maximum absolute atomic E-state index is 12.6. The van der Waals surface area contributed by atoms with Gasteiger partial charge < -0.3 is 4.90 Å². The van der Waals surface area contributed by atoms with Gasteiger partial charge in [0.1, 0.15) is 0 Å². The van der Waals surface area contributed by atoms with E-state index < -0.39 is 0 Å². The standard InChI is InChI=1S/C21H30N4O/c1-4-23(5-2)21(26)22-25-14-15-13-19-16(10-8-12-24(19)6-3)17-9-7-11-18(25)20(15)17/h7,9,11,14,16,19H,4-6,8,10,12-13H2,1-3H3,(H,22,26)/t16?,19-/m1/s1. The van der Waals surface area contributed by atoms with Crippen molar-refractivity contribution in [1.82, 2.24) is 14.5 Å². The first-order valence-corrected chi connectivity index (χ1v) is 10.1. The molecule has 140 valence electrons. The number of benzene rings is 1. The zero-order valence-electron chi connectivity index (χ0n) is 16.2. The van der Waals surface area contributed by atoms with Gasteiger partial charge in [-0.25, -0.2) is 10.2 Å². The zero-order chi connectivity index (χ0) is 18.3. The molecule has 0 saturated carbocycles. The van der Waals surface area contributed by atoms with Crippen molar-refractivity contribution in [3.63, 3.8) is 0 Å². The van der Waals surface area contributed by atoms with Crippen LogP contribution in [0.4, 0.5) is 4.79 Å². The van der Waals surface area contributed by atoms with Crippen LogP contribution >= 0.6 is 0 Å². The van der Waals surface area contributed by atoms with E-state index in [2.05, 4.69) is 41.6 Å². The zero-order valence-corrected chi connectivity index (χ0v) is 16.2. The number of urea groups is 1. The number of hydrogen-bond donors (Lipinski definition) is 1. The first-order valence-electron chi connectivity index (χ1n) is 10.1. The van der Waals surface area contributed by atoms with Gasteiger partial charge >= 0.3 is 6.03 Å². The topological polar surface area (TPSA) is 40.5 Å². The molecule has 2 heterocycles. The van der Waals surface area contributed by atoms with Crippen LogP contribution in [0, 0.1) is 0 Å². The molecule has 5 heteroatoms. The molecule has 4 rings (SSSR count). The number of piperidine rings is 1. The van der Waals surface area contributed by atoms with E-state index in [4.69, 9.17) is 0 Å². The van der Waals surface area contributed by atoms with Crippen molar-refractivity contribution in [2.45, 2.75) is 52.0 Å². The molecule has 2 aliphatic rings. The largest absolute Gasteiger partial charge is 0.336 e. The minimum absolute atomic E-state index is 0.0318. The minimum atomic E-state index is -0.0318. The van der Waals surface area contributed by atoms with Crippen LogP contribution in [0.3, 0.4) is 0 Å². The lowest BCUT2D eigenvalue weighted by Gasteiger charge is -2.43. The van der Waals surface area contributed by atoms with Crippen LogP contribution in [0.15, 0.2) is 24.4 Å². The van der Waals surface area contributed by atoms with E-state index in [1.807, 2.05) is 23.4 Å². The summed E-state index contributed by atoms with van der Waals surface area (Å²) in [4.78, 5) is 17.0.